The van der Waals surface area contributed by atoms with E-state index in [-0.39, 0.29) is 0 Å². The topological polar surface area (TPSA) is 89.7 Å². The van der Waals surface area contributed by atoms with Gasteiger partial charge in [0.05, 0.1) is 18.4 Å². The van der Waals surface area contributed by atoms with Crippen molar-refractivity contribution in [3.8, 4) is 28.5 Å². The Morgan fingerprint density at radius 1 is 1.04 bits per heavy atom. The largest absolute Gasteiger partial charge is 0.496 e. The number of methoxy groups -OCH3 is 1. The quantitative estimate of drug-likeness (QED) is 0.519. The molecular weight excluding hydrogens is 350 g/mol. The zero-order valence-electron chi connectivity index (χ0n) is 13.9. The molecule has 1 N–H and O–H groups in total. The van der Waals surface area contributed by atoms with E-state index in [0.29, 0.717) is 28.4 Å². The number of H-pyrrole nitrogens is 1. The highest BCUT2D eigenvalue weighted by Gasteiger charge is 2.14. The third-order valence-corrected chi connectivity index (χ3v) is 4.48. The molecule has 0 saturated carbocycles. The molecule has 0 unspecified atom stereocenters. The first-order valence-electron chi connectivity index (χ1n) is 7.90. The van der Waals surface area contributed by atoms with Gasteiger partial charge in [0.25, 0.3) is 0 Å². The van der Waals surface area contributed by atoms with Gasteiger partial charge in [-0.25, -0.2) is 4.98 Å². The van der Waals surface area contributed by atoms with Gasteiger partial charge < -0.3 is 9.26 Å². The summed E-state index contributed by atoms with van der Waals surface area (Å²) >= 11 is 1.43. The van der Waals surface area contributed by atoms with Crippen LogP contribution in [0.15, 0.2) is 64.3 Å². The molecule has 4 rings (SSSR count). The molecule has 0 radical (unpaired) electrons. The van der Waals surface area contributed by atoms with Gasteiger partial charge >= 0.3 is 0 Å². The number of thioether (sulfide) groups is 1. The van der Waals surface area contributed by atoms with Crippen molar-refractivity contribution in [3.05, 3.63) is 60.5 Å². The Morgan fingerprint density at radius 2 is 1.85 bits per heavy atom. The predicted molar refractivity (Wildman–Crippen MR) is 97.7 cm³/mol. The summed E-state index contributed by atoms with van der Waals surface area (Å²) in [5.41, 5.74) is 1.78. The lowest BCUT2D eigenvalue weighted by Crippen LogP contribution is -1.89. The lowest BCUT2D eigenvalue weighted by atomic mass is 10.2. The molecule has 0 saturated heterocycles. The number of aromatic nitrogens is 5. The van der Waals surface area contributed by atoms with Gasteiger partial charge in [-0.15, -0.1) is 5.10 Å². The molecule has 0 aliphatic carbocycles. The maximum absolute atomic E-state index is 5.33. The Morgan fingerprint density at radius 3 is 2.69 bits per heavy atom. The molecule has 2 aromatic carbocycles. The maximum atomic E-state index is 5.33. The van der Waals surface area contributed by atoms with E-state index < -0.39 is 0 Å². The third kappa shape index (κ3) is 3.45. The number of nitrogens with one attached hydrogen (secondary N) is 1. The van der Waals surface area contributed by atoms with Crippen LogP contribution < -0.4 is 4.74 Å². The summed E-state index contributed by atoms with van der Waals surface area (Å²) in [4.78, 5) is 8.90. The molecule has 0 bridgehead atoms. The summed E-state index contributed by atoms with van der Waals surface area (Å²) in [6, 6.07) is 17.4. The Kier molecular flexibility index (Phi) is 4.65. The zero-order chi connectivity index (χ0) is 17.8. The SMILES string of the molecule is COc1ccccc1-c1noc(CSc2n[nH]c(-c3ccccc3)n2)n1. The minimum Gasteiger partial charge on any atom is -0.496 e. The average Bonchev–Trinajstić information content (AvgIpc) is 3.36. The van der Waals surface area contributed by atoms with Crippen molar-refractivity contribution in [2.75, 3.05) is 7.11 Å². The monoisotopic (exact) mass is 365 g/mol. The van der Waals surface area contributed by atoms with E-state index >= 15 is 0 Å². The first-order valence-corrected chi connectivity index (χ1v) is 8.88. The Balaban J connectivity index is 1.45. The van der Waals surface area contributed by atoms with Crippen LogP contribution in [0, 0.1) is 0 Å². The van der Waals surface area contributed by atoms with E-state index in [2.05, 4.69) is 25.3 Å². The van der Waals surface area contributed by atoms with Crippen LogP contribution in [0.5, 0.6) is 5.75 Å². The van der Waals surface area contributed by atoms with Crippen LogP contribution in [-0.4, -0.2) is 32.4 Å². The molecule has 8 heteroatoms. The van der Waals surface area contributed by atoms with Crippen molar-refractivity contribution >= 4 is 11.8 Å². The van der Waals surface area contributed by atoms with Gasteiger partial charge in [0.1, 0.15) is 5.75 Å². The molecule has 0 aliphatic rings. The van der Waals surface area contributed by atoms with Crippen molar-refractivity contribution in [1.29, 1.82) is 0 Å². The van der Waals surface area contributed by atoms with Gasteiger partial charge in [-0.1, -0.05) is 59.4 Å². The van der Waals surface area contributed by atoms with E-state index in [9.17, 15) is 0 Å². The second-order valence-electron chi connectivity index (χ2n) is 5.33. The van der Waals surface area contributed by atoms with Crippen molar-refractivity contribution in [2.24, 2.45) is 0 Å². The number of hydrogen-bond donors (Lipinski definition) is 1. The first kappa shape index (κ1) is 16.3. The van der Waals surface area contributed by atoms with Crippen molar-refractivity contribution in [3.63, 3.8) is 0 Å². The second kappa shape index (κ2) is 7.40. The molecule has 26 heavy (non-hydrogen) atoms. The Hall–Kier alpha value is -3.13. The summed E-state index contributed by atoms with van der Waals surface area (Å²) in [7, 11) is 1.61. The lowest BCUT2D eigenvalue weighted by molar-refractivity contribution is 0.390. The number of aromatic amines is 1. The predicted octanol–water partition coefficient (Wildman–Crippen LogP) is 3.82. The summed E-state index contributed by atoms with van der Waals surface area (Å²) in [5.74, 6) is 2.91. The zero-order valence-corrected chi connectivity index (χ0v) is 14.7. The van der Waals surface area contributed by atoms with E-state index in [1.165, 1.54) is 11.8 Å². The highest BCUT2D eigenvalue weighted by Crippen LogP contribution is 2.28. The van der Waals surface area contributed by atoms with Crippen molar-refractivity contribution in [1.82, 2.24) is 25.3 Å². The Labute approximate surface area is 153 Å². The number of nitrogens with zero attached hydrogens (tertiary/aromatic N) is 4. The number of benzene rings is 2. The molecule has 0 amide bonds. The summed E-state index contributed by atoms with van der Waals surface area (Å²) in [5, 5.41) is 11.8. The molecule has 0 spiro atoms. The summed E-state index contributed by atoms with van der Waals surface area (Å²) in [6.07, 6.45) is 0. The molecular formula is C18H15N5O2S. The van der Waals surface area contributed by atoms with Gasteiger partial charge in [-0.05, 0) is 12.1 Å². The molecule has 2 heterocycles. The number of rotatable bonds is 6. The fourth-order valence-electron chi connectivity index (χ4n) is 2.41. The van der Waals surface area contributed by atoms with Gasteiger partial charge in [0.2, 0.25) is 16.9 Å². The van der Waals surface area contributed by atoms with Gasteiger partial charge in [0, 0.05) is 5.56 Å². The molecule has 0 fully saturated rings. The third-order valence-electron chi connectivity index (χ3n) is 3.65. The van der Waals surface area contributed by atoms with Gasteiger partial charge in [0.15, 0.2) is 5.82 Å². The van der Waals surface area contributed by atoms with Crippen LogP contribution in [0.25, 0.3) is 22.8 Å². The fraction of sp³-hybridized carbons (Fsp3) is 0.111. The molecule has 0 aliphatic heterocycles. The number of para-hydroxylation sites is 1. The van der Waals surface area contributed by atoms with Crippen LogP contribution in [0.3, 0.4) is 0 Å². The highest BCUT2D eigenvalue weighted by atomic mass is 32.2. The van der Waals surface area contributed by atoms with Crippen LogP contribution in [0.1, 0.15) is 5.89 Å². The summed E-state index contributed by atoms with van der Waals surface area (Å²) < 4.78 is 10.7. The maximum Gasteiger partial charge on any atom is 0.237 e. The number of hydrogen-bond acceptors (Lipinski definition) is 7. The summed E-state index contributed by atoms with van der Waals surface area (Å²) in [6.45, 7) is 0. The van der Waals surface area contributed by atoms with E-state index in [1.54, 1.807) is 7.11 Å². The van der Waals surface area contributed by atoms with E-state index in [0.717, 1.165) is 17.0 Å². The number of ether oxygens (including phenoxy) is 1. The average molecular weight is 365 g/mol. The smallest absolute Gasteiger partial charge is 0.237 e. The Bertz CT molecular complexity index is 1000. The van der Waals surface area contributed by atoms with Gasteiger partial charge in [-0.2, -0.15) is 4.98 Å². The van der Waals surface area contributed by atoms with E-state index in [1.807, 2.05) is 54.6 Å². The fourth-order valence-corrected chi connectivity index (χ4v) is 3.05. The van der Waals surface area contributed by atoms with Crippen LogP contribution >= 0.6 is 11.8 Å². The molecule has 2 aromatic heterocycles. The molecule has 130 valence electrons. The van der Waals surface area contributed by atoms with Gasteiger partial charge in [-0.3, -0.25) is 5.10 Å². The molecule has 7 nitrogen and oxygen atoms in total. The first-order chi connectivity index (χ1) is 12.8. The second-order valence-corrected chi connectivity index (χ2v) is 6.28. The van der Waals surface area contributed by atoms with Crippen molar-refractivity contribution < 1.29 is 9.26 Å². The molecule has 4 aromatic rings. The van der Waals surface area contributed by atoms with Crippen molar-refractivity contribution in [2.45, 2.75) is 10.9 Å². The van der Waals surface area contributed by atoms with E-state index in [4.69, 9.17) is 9.26 Å². The van der Waals surface area contributed by atoms with Crippen LogP contribution in [0.2, 0.25) is 0 Å². The van der Waals surface area contributed by atoms with Crippen LogP contribution in [0.4, 0.5) is 0 Å². The lowest BCUT2D eigenvalue weighted by Gasteiger charge is -2.02. The highest BCUT2D eigenvalue weighted by molar-refractivity contribution is 7.98. The minimum atomic E-state index is 0.480. The molecule has 0 atom stereocenters. The van der Waals surface area contributed by atoms with Crippen LogP contribution in [-0.2, 0) is 5.75 Å². The standard InChI is InChI=1S/C18H15N5O2S/c1-24-14-10-6-5-9-13(14)17-19-15(25-23-17)11-26-18-20-16(21-22-18)12-7-3-2-4-8-12/h2-10H,11H2,1H3,(H,20,21,22). The normalized spacial score (nSPS) is 10.8. The minimum absolute atomic E-state index is 0.480.